The van der Waals surface area contributed by atoms with Crippen LogP contribution in [-0.4, -0.2) is 0 Å². The fourth-order valence-corrected chi connectivity index (χ4v) is 9.80. The molecule has 0 saturated heterocycles. The summed E-state index contributed by atoms with van der Waals surface area (Å²) in [6.45, 7) is 0. The minimum atomic E-state index is -2.95. The number of hydrogen-bond donors (Lipinski definition) is 0. The Labute approximate surface area is 426 Å². The number of anilines is 3. The van der Waals surface area contributed by atoms with Crippen LogP contribution >= 0.6 is 11.3 Å². The van der Waals surface area contributed by atoms with Crippen molar-refractivity contribution in [2.24, 2.45) is 0 Å². The van der Waals surface area contributed by atoms with E-state index >= 15 is 0 Å². The number of nitrogens with zero attached hydrogens (tertiary/aromatic N) is 1. The first-order chi connectivity index (χ1) is 45.1. The smallest absolute Gasteiger partial charge is 0.0714 e. The van der Waals surface area contributed by atoms with E-state index in [1.165, 1.54) is 24.3 Å². The van der Waals surface area contributed by atoms with Crippen molar-refractivity contribution in [3.05, 3.63) is 270 Å². The van der Waals surface area contributed by atoms with Crippen LogP contribution in [0.25, 0.3) is 75.1 Å². The lowest BCUT2D eigenvalue weighted by atomic mass is 9.67. The molecule has 1 atom stereocenters. The molecule has 0 radical (unpaired) electrons. The average molecular weight is 875 g/mol. The van der Waals surface area contributed by atoms with Gasteiger partial charge < -0.3 is 4.90 Å². The van der Waals surface area contributed by atoms with E-state index in [4.69, 9.17) is 24.7 Å². The SMILES string of the molecule is [2H]c1cc(C2(c3c([2H])c([2H])c([2H])c([2H])c3[2H])c3c(cc([2H])c([2H])c3[2H])-c3cc([2H])c(N(c4ccc5cc([2H])c([2H])c([2H])c5c4[2H])c4c([2H])c([2H])c(-c5c([2H])cc6cc([2H])c([2H])c([2H])c6c5-c5ccc([2H])c6c5sc5c([2H])c([2H])c([2H])c([2H])c56)c([2H])c4[2H])c([2H])c32)c([2H])c([2H])c1[2H]. The number of hydrogen-bond acceptors (Lipinski definition) is 2. The molecule has 13 rings (SSSR count). The van der Waals surface area contributed by atoms with Gasteiger partial charge in [-0.1, -0.05) is 206 Å². The van der Waals surface area contributed by atoms with Crippen molar-refractivity contribution in [2.45, 2.75) is 5.41 Å². The summed E-state index contributed by atoms with van der Waals surface area (Å²) in [5, 5.41) is -0.592. The summed E-state index contributed by atoms with van der Waals surface area (Å²) in [6, 6.07) is -12.9. The second-order valence-corrected chi connectivity index (χ2v) is 15.8. The average Bonchev–Trinajstić information content (AvgIpc) is 1.47. The van der Waals surface area contributed by atoms with Crippen LogP contribution in [0.1, 0.15) is 64.7 Å². The van der Waals surface area contributed by atoms with E-state index in [1.807, 2.05) is 0 Å². The fraction of sp³-hybridized carbons (Fsp3) is 0.0159. The monoisotopic (exact) mass is 874 g/mol. The van der Waals surface area contributed by atoms with Crippen molar-refractivity contribution in [3.63, 3.8) is 0 Å². The Bertz CT molecular complexity index is 5590. The molecule has 1 unspecified atom stereocenters. The van der Waals surface area contributed by atoms with Crippen molar-refractivity contribution >= 4 is 70.1 Å². The Balaban J connectivity index is 1.21. The molecule has 2 heteroatoms. The molecule has 304 valence electrons. The van der Waals surface area contributed by atoms with Gasteiger partial charge in [-0.05, 0) is 114 Å². The highest BCUT2D eigenvalue weighted by Gasteiger charge is 2.46. The predicted molar refractivity (Wildman–Crippen MR) is 277 cm³/mol. The van der Waals surface area contributed by atoms with Crippen LogP contribution in [0.15, 0.2) is 248 Å². The maximum Gasteiger partial charge on any atom is 0.0714 e. The van der Waals surface area contributed by atoms with E-state index in [2.05, 4.69) is 0 Å². The maximum atomic E-state index is 10.8. The van der Waals surface area contributed by atoms with E-state index in [1.54, 1.807) is 0 Å². The molecule has 1 aromatic heterocycles. The van der Waals surface area contributed by atoms with Gasteiger partial charge in [0.2, 0.25) is 0 Å². The zero-order chi connectivity index (χ0) is 69.9. The molecule has 0 aliphatic heterocycles. The third-order valence-corrected chi connectivity index (χ3v) is 12.6. The van der Waals surface area contributed by atoms with Crippen molar-refractivity contribution in [1.82, 2.24) is 0 Å². The van der Waals surface area contributed by atoms with Crippen LogP contribution < -0.4 is 4.90 Å². The first kappa shape index (κ1) is 17.9. The lowest BCUT2D eigenvalue weighted by Gasteiger charge is -2.35. The van der Waals surface area contributed by atoms with Gasteiger partial charge in [0.15, 0.2) is 0 Å². The Kier molecular flexibility index (Phi) is 4.13. The summed E-state index contributed by atoms with van der Waals surface area (Å²) in [5.41, 5.74) is -10.0. The van der Waals surface area contributed by atoms with Gasteiger partial charge in [-0.3, -0.25) is 0 Å². The second-order valence-electron chi connectivity index (χ2n) is 14.8. The van der Waals surface area contributed by atoms with Gasteiger partial charge in [-0.2, -0.15) is 0 Å². The van der Waals surface area contributed by atoms with Crippen LogP contribution in [0, 0.1) is 0 Å². The van der Waals surface area contributed by atoms with Crippen LogP contribution in [0.2, 0.25) is 0 Å². The molecule has 0 fully saturated rings. The van der Waals surface area contributed by atoms with Crippen molar-refractivity contribution < 1.29 is 42.5 Å². The van der Waals surface area contributed by atoms with Crippen molar-refractivity contribution in [3.8, 4) is 33.4 Å². The molecule has 0 amide bonds. The normalized spacial score (nSPS) is 20.9. The summed E-state index contributed by atoms with van der Waals surface area (Å²) < 4.78 is 289. The van der Waals surface area contributed by atoms with E-state index in [0.717, 1.165) is 52.6 Å². The minimum absolute atomic E-state index is 0.00238. The number of thiophene rings is 1. The van der Waals surface area contributed by atoms with E-state index < -0.39 is 237 Å². The predicted octanol–water partition coefficient (Wildman–Crippen LogP) is 17.5. The van der Waals surface area contributed by atoms with E-state index in [9.17, 15) is 17.8 Å². The molecule has 11 aromatic carbocycles. The van der Waals surface area contributed by atoms with Gasteiger partial charge >= 0.3 is 0 Å². The highest BCUT2D eigenvalue weighted by Crippen LogP contribution is 2.57. The van der Waals surface area contributed by atoms with Crippen molar-refractivity contribution in [2.75, 3.05) is 4.90 Å². The molecule has 1 aliphatic rings. The van der Waals surface area contributed by atoms with Gasteiger partial charge in [0, 0.05) is 42.8 Å². The number of fused-ring (bicyclic) bond motifs is 8. The van der Waals surface area contributed by atoms with E-state index in [0.29, 0.717) is 0 Å². The molecular weight excluding hydrogens is 803 g/mol. The highest BCUT2D eigenvalue weighted by atomic mass is 32.1. The van der Waals surface area contributed by atoms with Crippen LogP contribution in [0.4, 0.5) is 17.1 Å². The first-order valence-corrected chi connectivity index (χ1v) is 20.7. The third-order valence-electron chi connectivity index (χ3n) is 11.5. The minimum Gasteiger partial charge on any atom is -0.310 e. The maximum absolute atomic E-state index is 10.8. The molecule has 0 bridgehead atoms. The van der Waals surface area contributed by atoms with Gasteiger partial charge in [0.25, 0.3) is 0 Å². The summed E-state index contributed by atoms with van der Waals surface area (Å²) in [6.07, 6.45) is 0. The summed E-state index contributed by atoms with van der Waals surface area (Å²) in [4.78, 5) is 0.747. The Morgan fingerprint density at radius 1 is 0.385 bits per heavy atom. The summed E-state index contributed by atoms with van der Waals surface area (Å²) >= 11 is 0.811. The first-order valence-electron chi connectivity index (χ1n) is 35.4. The van der Waals surface area contributed by atoms with Gasteiger partial charge in [0.05, 0.1) is 47.9 Å². The Hall–Kier alpha value is -8.04. The zero-order valence-corrected chi connectivity index (χ0v) is 33.9. The van der Waals surface area contributed by atoms with Crippen LogP contribution in [0.3, 0.4) is 0 Å². The van der Waals surface area contributed by atoms with E-state index in [-0.39, 0.29) is 70.0 Å². The summed E-state index contributed by atoms with van der Waals surface area (Å²) in [7, 11) is 0. The Morgan fingerprint density at radius 2 is 1.11 bits per heavy atom. The molecule has 0 saturated carbocycles. The standard InChI is InChI=1S/C63H41NS/c1-3-19-46(20-4-1)63(47-21-5-2-6-22-47)58-28-13-11-24-53(58)54-39-37-50(41-59(54)63)64(49-36-30-42-16-7-8-18-45(42)40-49)48-34-31-44(32-35-48)52-38-33-43-17-9-10-23-51(43)61(52)57-27-15-26-56-55-25-12-14-29-60(55)65-62(56)57/h1-41H/i1D,2D,3D,4D,5D,6D,7D,8D,9D,10D,11D,12D,13D,14D,18D,19D,20D,21D,23D,25D,26D,28D,29D,31D,32D,34D,35D,37D,38D,40D,41D. The van der Waals surface area contributed by atoms with Crippen LogP contribution in [0.5, 0.6) is 0 Å². The molecule has 1 heterocycles. The number of rotatable bonds is 7. The Morgan fingerprint density at radius 3 is 2.02 bits per heavy atom. The molecule has 65 heavy (non-hydrogen) atoms. The zero-order valence-electron chi connectivity index (χ0n) is 64.1. The lowest BCUT2D eigenvalue weighted by molar-refractivity contribution is 0.768. The number of benzene rings is 11. The fourth-order valence-electron chi connectivity index (χ4n) is 8.69. The molecule has 0 N–H and O–H groups in total. The lowest BCUT2D eigenvalue weighted by Crippen LogP contribution is -2.28. The topological polar surface area (TPSA) is 3.24 Å². The molecular formula is C63H41NS. The molecule has 1 aliphatic carbocycles. The molecule has 1 nitrogen and oxygen atoms in total. The quantitative estimate of drug-likeness (QED) is 0.154. The largest absolute Gasteiger partial charge is 0.310 e. The van der Waals surface area contributed by atoms with Gasteiger partial charge in [0.1, 0.15) is 0 Å². The van der Waals surface area contributed by atoms with Crippen LogP contribution in [-0.2, 0) is 5.41 Å². The van der Waals surface area contributed by atoms with Gasteiger partial charge in [-0.25, -0.2) is 0 Å². The molecule has 12 aromatic rings. The molecule has 0 spiro atoms. The highest BCUT2D eigenvalue weighted by molar-refractivity contribution is 7.26. The second kappa shape index (κ2) is 15.1. The van der Waals surface area contributed by atoms with Crippen molar-refractivity contribution in [1.29, 1.82) is 0 Å². The van der Waals surface area contributed by atoms with Gasteiger partial charge in [-0.15, -0.1) is 11.3 Å². The third kappa shape index (κ3) is 5.85. The summed E-state index contributed by atoms with van der Waals surface area (Å²) in [5.74, 6) is 0.